The molecule has 5 heteroatoms. The van der Waals surface area contributed by atoms with Crippen LogP contribution in [0.3, 0.4) is 0 Å². The SMILES string of the molecule is Cn1ccnc(NCCCN2CCCC2)c1=O. The Kier molecular flexibility index (Phi) is 4.14. The van der Waals surface area contributed by atoms with Crippen molar-refractivity contribution in [3.05, 3.63) is 22.7 Å². The summed E-state index contributed by atoms with van der Waals surface area (Å²) in [6.07, 6.45) is 7.02. The van der Waals surface area contributed by atoms with Crippen LogP contribution in [0, 0.1) is 0 Å². The summed E-state index contributed by atoms with van der Waals surface area (Å²) < 4.78 is 1.54. The molecule has 1 N–H and O–H groups in total. The summed E-state index contributed by atoms with van der Waals surface area (Å²) in [4.78, 5) is 18.2. The lowest BCUT2D eigenvalue weighted by atomic mass is 10.4. The van der Waals surface area contributed by atoms with Crippen LogP contribution in [0.5, 0.6) is 0 Å². The normalized spacial score (nSPS) is 16.3. The van der Waals surface area contributed by atoms with Gasteiger partial charge in [0.15, 0.2) is 5.82 Å². The highest BCUT2D eigenvalue weighted by Crippen LogP contribution is 2.07. The van der Waals surface area contributed by atoms with E-state index in [2.05, 4.69) is 15.2 Å². The lowest BCUT2D eigenvalue weighted by Gasteiger charge is -2.14. The molecule has 1 aromatic rings. The van der Waals surface area contributed by atoms with E-state index < -0.39 is 0 Å². The number of rotatable bonds is 5. The molecule has 2 heterocycles. The van der Waals surface area contributed by atoms with Gasteiger partial charge in [-0.15, -0.1) is 0 Å². The second-order valence-electron chi connectivity index (χ2n) is 4.52. The minimum Gasteiger partial charge on any atom is -0.365 e. The average molecular weight is 236 g/mol. The molecule has 0 unspecified atom stereocenters. The summed E-state index contributed by atoms with van der Waals surface area (Å²) in [5.41, 5.74) is -0.0614. The second-order valence-corrected chi connectivity index (χ2v) is 4.52. The molecule has 1 aromatic heterocycles. The Morgan fingerprint density at radius 2 is 2.18 bits per heavy atom. The summed E-state index contributed by atoms with van der Waals surface area (Å²) in [6, 6.07) is 0. The maximum absolute atomic E-state index is 11.6. The Hall–Kier alpha value is -1.36. The van der Waals surface area contributed by atoms with Gasteiger partial charge >= 0.3 is 0 Å². The molecular weight excluding hydrogens is 216 g/mol. The number of nitrogens with one attached hydrogen (secondary N) is 1. The molecule has 0 atom stereocenters. The van der Waals surface area contributed by atoms with E-state index in [-0.39, 0.29) is 5.56 Å². The maximum Gasteiger partial charge on any atom is 0.293 e. The molecule has 0 aromatic carbocycles. The van der Waals surface area contributed by atoms with Gasteiger partial charge < -0.3 is 14.8 Å². The van der Waals surface area contributed by atoms with Crippen molar-refractivity contribution < 1.29 is 0 Å². The fourth-order valence-electron chi connectivity index (χ4n) is 2.13. The van der Waals surface area contributed by atoms with Gasteiger partial charge in [-0.3, -0.25) is 4.79 Å². The second kappa shape index (κ2) is 5.82. The fourth-order valence-corrected chi connectivity index (χ4v) is 2.13. The van der Waals surface area contributed by atoms with E-state index in [0.717, 1.165) is 19.5 Å². The van der Waals surface area contributed by atoms with Gasteiger partial charge in [0.2, 0.25) is 0 Å². The van der Waals surface area contributed by atoms with E-state index in [4.69, 9.17) is 0 Å². The number of hydrogen-bond acceptors (Lipinski definition) is 4. The Balaban J connectivity index is 1.74. The Morgan fingerprint density at radius 1 is 1.41 bits per heavy atom. The van der Waals surface area contributed by atoms with Crippen molar-refractivity contribution in [3.63, 3.8) is 0 Å². The zero-order chi connectivity index (χ0) is 12.1. The van der Waals surface area contributed by atoms with Crippen LogP contribution in [0.15, 0.2) is 17.2 Å². The van der Waals surface area contributed by atoms with Crippen LogP contribution < -0.4 is 10.9 Å². The highest BCUT2D eigenvalue weighted by molar-refractivity contribution is 5.30. The number of aromatic nitrogens is 2. The van der Waals surface area contributed by atoms with Crippen LogP contribution >= 0.6 is 0 Å². The largest absolute Gasteiger partial charge is 0.365 e. The molecule has 1 aliphatic heterocycles. The molecule has 0 bridgehead atoms. The topological polar surface area (TPSA) is 50.2 Å². The minimum absolute atomic E-state index is 0.0614. The van der Waals surface area contributed by atoms with Crippen LogP contribution in [0.2, 0.25) is 0 Å². The lowest BCUT2D eigenvalue weighted by Crippen LogP contribution is -2.25. The quantitative estimate of drug-likeness (QED) is 0.764. The third kappa shape index (κ3) is 3.30. The van der Waals surface area contributed by atoms with Crippen molar-refractivity contribution in [2.24, 2.45) is 7.05 Å². The Labute approximate surface area is 101 Å². The number of nitrogens with zero attached hydrogens (tertiary/aromatic N) is 3. The first-order valence-electron chi connectivity index (χ1n) is 6.25. The molecule has 1 saturated heterocycles. The highest BCUT2D eigenvalue weighted by Gasteiger charge is 2.10. The maximum atomic E-state index is 11.6. The Bertz CT molecular complexity index is 409. The number of hydrogen-bond donors (Lipinski definition) is 1. The fraction of sp³-hybridized carbons (Fsp3) is 0.667. The molecule has 94 valence electrons. The van der Waals surface area contributed by atoms with Gasteiger partial charge in [0.1, 0.15) is 0 Å². The third-order valence-electron chi connectivity index (χ3n) is 3.16. The molecule has 5 nitrogen and oxygen atoms in total. The van der Waals surface area contributed by atoms with Crippen molar-refractivity contribution >= 4 is 5.82 Å². The highest BCUT2D eigenvalue weighted by atomic mass is 16.1. The van der Waals surface area contributed by atoms with Gasteiger partial charge in [-0.2, -0.15) is 0 Å². The van der Waals surface area contributed by atoms with Gasteiger partial charge in [-0.05, 0) is 38.9 Å². The van der Waals surface area contributed by atoms with Crippen molar-refractivity contribution in [1.29, 1.82) is 0 Å². The first kappa shape index (κ1) is 12.1. The molecule has 0 spiro atoms. The van der Waals surface area contributed by atoms with E-state index in [9.17, 15) is 4.79 Å². The van der Waals surface area contributed by atoms with E-state index in [1.54, 1.807) is 19.4 Å². The van der Waals surface area contributed by atoms with E-state index >= 15 is 0 Å². The molecule has 0 aliphatic carbocycles. The standard InChI is InChI=1S/C12H20N4O/c1-15-10-6-14-11(12(15)17)13-5-4-9-16-7-2-3-8-16/h6,10H,2-5,7-9H2,1H3,(H,13,14). The van der Waals surface area contributed by atoms with Gasteiger partial charge in [0.05, 0.1) is 0 Å². The summed E-state index contributed by atoms with van der Waals surface area (Å²) in [6.45, 7) is 4.37. The van der Waals surface area contributed by atoms with Gasteiger partial charge in [-0.25, -0.2) is 4.98 Å². The number of likely N-dealkylation sites (tertiary alicyclic amines) is 1. The summed E-state index contributed by atoms with van der Waals surface area (Å²) in [7, 11) is 1.74. The molecule has 0 amide bonds. The van der Waals surface area contributed by atoms with Crippen molar-refractivity contribution in [1.82, 2.24) is 14.5 Å². The van der Waals surface area contributed by atoms with E-state index in [0.29, 0.717) is 5.82 Å². The van der Waals surface area contributed by atoms with Crippen LogP contribution in [0.25, 0.3) is 0 Å². The van der Waals surface area contributed by atoms with E-state index in [1.165, 1.54) is 30.5 Å². The molecular formula is C12H20N4O. The van der Waals surface area contributed by atoms with Gasteiger partial charge in [0, 0.05) is 26.0 Å². The van der Waals surface area contributed by atoms with Crippen molar-refractivity contribution in [2.75, 3.05) is 31.5 Å². The smallest absolute Gasteiger partial charge is 0.293 e. The van der Waals surface area contributed by atoms with Crippen molar-refractivity contribution in [2.45, 2.75) is 19.3 Å². The molecule has 1 aliphatic rings. The average Bonchev–Trinajstić information content (AvgIpc) is 2.83. The predicted octanol–water partition coefficient (Wildman–Crippen LogP) is 0.678. The van der Waals surface area contributed by atoms with Crippen molar-refractivity contribution in [3.8, 4) is 0 Å². The van der Waals surface area contributed by atoms with Crippen LogP contribution in [-0.2, 0) is 7.05 Å². The minimum atomic E-state index is -0.0614. The summed E-state index contributed by atoms with van der Waals surface area (Å²) in [5, 5.41) is 3.11. The molecule has 2 rings (SSSR count). The van der Waals surface area contributed by atoms with Crippen LogP contribution in [-0.4, -0.2) is 40.6 Å². The van der Waals surface area contributed by atoms with Crippen LogP contribution in [0.4, 0.5) is 5.82 Å². The van der Waals surface area contributed by atoms with Gasteiger partial charge in [-0.1, -0.05) is 0 Å². The predicted molar refractivity (Wildman–Crippen MR) is 68.3 cm³/mol. The molecule has 1 fully saturated rings. The van der Waals surface area contributed by atoms with Crippen LogP contribution in [0.1, 0.15) is 19.3 Å². The third-order valence-corrected chi connectivity index (χ3v) is 3.16. The molecule has 17 heavy (non-hydrogen) atoms. The first-order chi connectivity index (χ1) is 8.27. The molecule has 0 radical (unpaired) electrons. The lowest BCUT2D eigenvalue weighted by molar-refractivity contribution is 0.337. The zero-order valence-corrected chi connectivity index (χ0v) is 10.4. The van der Waals surface area contributed by atoms with E-state index in [1.807, 2.05) is 0 Å². The summed E-state index contributed by atoms with van der Waals surface area (Å²) >= 11 is 0. The van der Waals surface area contributed by atoms with Gasteiger partial charge in [0.25, 0.3) is 5.56 Å². The molecule has 0 saturated carbocycles. The first-order valence-corrected chi connectivity index (χ1v) is 6.25. The monoisotopic (exact) mass is 236 g/mol. The summed E-state index contributed by atoms with van der Waals surface area (Å²) in [5.74, 6) is 0.455. The Morgan fingerprint density at radius 3 is 2.94 bits per heavy atom. The number of aryl methyl sites for hydroxylation is 1. The number of anilines is 1. The zero-order valence-electron chi connectivity index (χ0n) is 10.4.